The maximum Gasteiger partial charge on any atom is 0.306 e. The van der Waals surface area contributed by atoms with E-state index in [4.69, 9.17) is 0 Å². The molecule has 260 valence electrons. The molecule has 5 atom stereocenters. The number of benzene rings is 2. The molecular weight excluding hydrogens is 632 g/mol. The number of nitriles is 1. The minimum Gasteiger partial charge on any atom is -0.481 e. The zero-order valence-corrected chi connectivity index (χ0v) is 27.7. The van der Waals surface area contributed by atoms with E-state index in [0.717, 1.165) is 22.4 Å². The van der Waals surface area contributed by atoms with Crippen molar-refractivity contribution < 1.29 is 39.0 Å². The maximum atomic E-state index is 14.3. The van der Waals surface area contributed by atoms with Crippen molar-refractivity contribution in [1.82, 2.24) is 20.9 Å². The number of para-hydroxylation sites is 1. The third-order valence-electron chi connectivity index (χ3n) is 8.74. The molecule has 14 nitrogen and oxygen atoms in total. The third kappa shape index (κ3) is 9.13. The Morgan fingerprint density at radius 3 is 2.37 bits per heavy atom. The average Bonchev–Trinajstić information content (AvgIpc) is 3.49. The average molecular weight is 675 g/mol. The number of hydrogen-bond acceptors (Lipinski definition) is 8. The summed E-state index contributed by atoms with van der Waals surface area (Å²) in [6.45, 7) is 5.43. The van der Waals surface area contributed by atoms with Crippen molar-refractivity contribution in [2.45, 2.75) is 89.5 Å². The van der Waals surface area contributed by atoms with Gasteiger partial charge in [-0.05, 0) is 54.9 Å². The Kier molecular flexibility index (Phi) is 12.0. The first-order chi connectivity index (χ1) is 23.3. The quantitative estimate of drug-likeness (QED) is 0.171. The largest absolute Gasteiger partial charge is 0.481 e. The van der Waals surface area contributed by atoms with Crippen LogP contribution in [0.3, 0.4) is 0 Å². The van der Waals surface area contributed by atoms with Crippen molar-refractivity contribution in [3.05, 3.63) is 64.7 Å². The fourth-order valence-corrected chi connectivity index (χ4v) is 6.23. The van der Waals surface area contributed by atoms with Crippen LogP contribution in [0.5, 0.6) is 0 Å². The van der Waals surface area contributed by atoms with Crippen LogP contribution in [0.2, 0.25) is 0 Å². The number of aryl methyl sites for hydroxylation is 1. The van der Waals surface area contributed by atoms with Gasteiger partial charge in [-0.3, -0.25) is 28.8 Å². The lowest BCUT2D eigenvalue weighted by atomic mass is 9.89. The molecule has 14 heteroatoms. The maximum absolute atomic E-state index is 14.3. The molecule has 2 aliphatic heterocycles. The van der Waals surface area contributed by atoms with Gasteiger partial charge in [-0.25, -0.2) is 0 Å². The van der Waals surface area contributed by atoms with E-state index in [-0.39, 0.29) is 25.8 Å². The van der Waals surface area contributed by atoms with Crippen molar-refractivity contribution in [2.75, 3.05) is 11.9 Å². The summed E-state index contributed by atoms with van der Waals surface area (Å²) in [5.41, 5.74) is 4.04. The van der Waals surface area contributed by atoms with Gasteiger partial charge in [-0.2, -0.15) is 5.26 Å². The van der Waals surface area contributed by atoms with Crippen molar-refractivity contribution in [3.63, 3.8) is 0 Å². The van der Waals surface area contributed by atoms with Crippen LogP contribution in [-0.4, -0.2) is 81.4 Å². The number of hydrogen-bond donors (Lipinski definition) is 6. The van der Waals surface area contributed by atoms with Gasteiger partial charge in [0.2, 0.25) is 23.6 Å². The minimum atomic E-state index is -1.34. The van der Waals surface area contributed by atoms with Gasteiger partial charge >= 0.3 is 11.9 Å². The van der Waals surface area contributed by atoms with Crippen molar-refractivity contribution in [1.29, 1.82) is 5.26 Å². The van der Waals surface area contributed by atoms with Crippen molar-refractivity contribution >= 4 is 41.3 Å². The van der Waals surface area contributed by atoms with E-state index in [1.807, 2.05) is 37.3 Å². The Bertz CT molecular complexity index is 1630. The zero-order chi connectivity index (χ0) is 35.8. The summed E-state index contributed by atoms with van der Waals surface area (Å²) in [4.78, 5) is 78.9. The van der Waals surface area contributed by atoms with Gasteiger partial charge in [0.05, 0.1) is 12.5 Å². The normalized spacial score (nSPS) is 18.1. The van der Waals surface area contributed by atoms with Gasteiger partial charge < -0.3 is 36.4 Å². The van der Waals surface area contributed by atoms with Crippen LogP contribution in [0.1, 0.15) is 67.8 Å². The number of aliphatic carboxylic acids is 2. The molecule has 2 aliphatic rings. The van der Waals surface area contributed by atoms with Crippen molar-refractivity contribution in [3.8, 4) is 6.07 Å². The number of anilines is 1. The van der Waals surface area contributed by atoms with E-state index in [2.05, 4.69) is 21.3 Å². The van der Waals surface area contributed by atoms with Gasteiger partial charge in [0.1, 0.15) is 30.2 Å². The highest BCUT2D eigenvalue weighted by Crippen LogP contribution is 2.32. The van der Waals surface area contributed by atoms with E-state index in [0.29, 0.717) is 18.4 Å². The van der Waals surface area contributed by atoms with Gasteiger partial charge in [-0.1, -0.05) is 55.8 Å². The molecule has 2 heterocycles. The molecule has 0 aliphatic carbocycles. The lowest BCUT2D eigenvalue weighted by Gasteiger charge is -2.39. The minimum absolute atomic E-state index is 0.00312. The van der Waals surface area contributed by atoms with Crippen LogP contribution in [0.15, 0.2) is 42.5 Å². The van der Waals surface area contributed by atoms with Gasteiger partial charge in [0.15, 0.2) is 0 Å². The molecule has 2 aromatic rings. The Hall–Kier alpha value is -5.45. The molecule has 0 aromatic heterocycles. The monoisotopic (exact) mass is 674 g/mol. The van der Waals surface area contributed by atoms with E-state index in [1.165, 1.54) is 4.90 Å². The number of carbonyl (C=O) groups excluding carboxylic acids is 4. The molecule has 0 bridgehead atoms. The van der Waals surface area contributed by atoms with Crippen LogP contribution in [0.4, 0.5) is 5.69 Å². The lowest BCUT2D eigenvalue weighted by molar-refractivity contribution is -0.146. The van der Waals surface area contributed by atoms with E-state index in [9.17, 15) is 44.2 Å². The molecule has 2 aromatic carbocycles. The highest BCUT2D eigenvalue weighted by Gasteiger charge is 2.41. The number of rotatable bonds is 14. The Morgan fingerprint density at radius 1 is 0.980 bits per heavy atom. The molecular formula is C35H42N6O8. The zero-order valence-electron chi connectivity index (χ0n) is 27.7. The number of carboxylic acids is 2. The predicted molar refractivity (Wildman–Crippen MR) is 177 cm³/mol. The van der Waals surface area contributed by atoms with E-state index >= 15 is 0 Å². The summed E-state index contributed by atoms with van der Waals surface area (Å²) < 4.78 is 0. The summed E-state index contributed by atoms with van der Waals surface area (Å²) in [6.07, 6.45) is 0.0421. The number of amides is 4. The molecule has 4 rings (SSSR count). The predicted octanol–water partition coefficient (Wildman–Crippen LogP) is 1.82. The Labute approximate surface area is 284 Å². The third-order valence-corrected chi connectivity index (χ3v) is 8.74. The number of fused-ring (bicyclic) bond motifs is 2. The standard InChI is InChI=1S/C35H42N6O8/c1-19(2)30(40-32(46)26(9-6-10-28(42)43)39-33(47)27-16-22-7-4-5-8-25(22)38-27)35(49)41-14-13-21-15-20(3)11-12-24(21)31(41)34(48)37-23(18-36)17-29(44)45/h4-5,7-8,11-12,15,19,23,26-27,30-31,38H,6,9-10,13-14,16-17H2,1-3H3,(H,37,48)(H,39,47)(H,40,46)(H,42,43)(H,44,45)/t23-,26?,27?,30?,31-/m0/s1. The van der Waals surface area contributed by atoms with Crippen LogP contribution >= 0.6 is 0 Å². The number of carboxylic acid groups (broad SMARTS) is 2. The Morgan fingerprint density at radius 2 is 1.71 bits per heavy atom. The molecule has 0 radical (unpaired) electrons. The van der Waals surface area contributed by atoms with E-state index in [1.54, 1.807) is 32.0 Å². The van der Waals surface area contributed by atoms with Crippen LogP contribution in [0.25, 0.3) is 0 Å². The number of nitrogens with one attached hydrogen (secondary N) is 4. The van der Waals surface area contributed by atoms with Gasteiger partial charge in [0.25, 0.3) is 0 Å². The molecule has 0 fully saturated rings. The summed E-state index contributed by atoms with van der Waals surface area (Å²) >= 11 is 0. The first-order valence-electron chi connectivity index (χ1n) is 16.3. The van der Waals surface area contributed by atoms with Gasteiger partial charge in [-0.15, -0.1) is 0 Å². The summed E-state index contributed by atoms with van der Waals surface area (Å²) in [5.74, 6) is -5.25. The number of nitrogens with zero attached hydrogens (tertiary/aromatic N) is 2. The second kappa shape index (κ2) is 16.1. The molecule has 0 saturated heterocycles. The summed E-state index contributed by atoms with van der Waals surface area (Å²) in [7, 11) is 0. The molecule has 4 amide bonds. The second-order valence-corrected chi connectivity index (χ2v) is 12.8. The molecule has 6 N–H and O–H groups in total. The molecule has 0 spiro atoms. The van der Waals surface area contributed by atoms with Gasteiger partial charge in [0, 0.05) is 25.1 Å². The van der Waals surface area contributed by atoms with Crippen LogP contribution in [-0.2, 0) is 41.6 Å². The summed E-state index contributed by atoms with van der Waals surface area (Å²) in [5, 5.41) is 39.0. The number of carbonyl (C=O) groups is 6. The first kappa shape index (κ1) is 36.4. The highest BCUT2D eigenvalue weighted by atomic mass is 16.4. The van der Waals surface area contributed by atoms with E-state index < -0.39 is 78.1 Å². The fourth-order valence-electron chi connectivity index (χ4n) is 6.23. The highest BCUT2D eigenvalue weighted by molar-refractivity contribution is 5.96. The Balaban J connectivity index is 1.56. The fraction of sp³-hybridized carbons (Fsp3) is 0.457. The SMILES string of the molecule is Cc1ccc2c(c1)CCN(C(=O)C(NC(=O)C(CCCC(=O)O)NC(=O)C1Cc3ccccc3N1)C(C)C)[C@@H]2C(=O)N[C@H](C#N)CC(=O)O. The molecule has 0 saturated carbocycles. The smallest absolute Gasteiger partial charge is 0.306 e. The second-order valence-electron chi connectivity index (χ2n) is 12.8. The topological polar surface area (TPSA) is 218 Å². The first-order valence-corrected chi connectivity index (χ1v) is 16.3. The van der Waals surface area contributed by atoms with Crippen molar-refractivity contribution in [2.24, 2.45) is 5.92 Å². The van der Waals surface area contributed by atoms with Crippen LogP contribution < -0.4 is 21.3 Å². The van der Waals surface area contributed by atoms with Crippen LogP contribution in [0, 0.1) is 24.2 Å². The molecule has 3 unspecified atom stereocenters. The summed E-state index contributed by atoms with van der Waals surface area (Å²) in [6, 6.07) is 9.14. The lowest BCUT2D eigenvalue weighted by Crippen LogP contribution is -2.59. The molecule has 49 heavy (non-hydrogen) atoms.